The molecule has 1 unspecified atom stereocenters. The standard InChI is InChI=1S/C26H27NO10/c1-26(2,3)27-19-16(24(31)35-6)14(22(29)33-4)15(23(30)34-5)17(25(32)36-7)21-18(19)20(28)12-10-8-9-11-13(12)37-21/h8-11,16,27H,1-7H3. The SMILES string of the molecule is COC(=O)C1=C(C(=O)OC)C(C(=O)OC)C(NC(C)(C)C)=c2c(oc3ccccc3c2=O)=C1C(=O)OC. The normalized spacial score (nSPS) is 15.5. The zero-order valence-electron chi connectivity index (χ0n) is 21.5. The first-order valence-electron chi connectivity index (χ1n) is 11.1. The van der Waals surface area contributed by atoms with Crippen LogP contribution in [-0.4, -0.2) is 57.9 Å². The van der Waals surface area contributed by atoms with E-state index in [-0.39, 0.29) is 21.9 Å². The first-order chi connectivity index (χ1) is 17.4. The number of ether oxygens (including phenoxy) is 4. The minimum atomic E-state index is -1.71. The highest BCUT2D eigenvalue weighted by molar-refractivity contribution is 6.28. The number of rotatable bonds is 5. The first-order valence-corrected chi connectivity index (χ1v) is 11.1. The van der Waals surface area contributed by atoms with Crippen LogP contribution in [0.4, 0.5) is 0 Å². The summed E-state index contributed by atoms with van der Waals surface area (Å²) >= 11 is 0. The Balaban J connectivity index is 2.88. The summed E-state index contributed by atoms with van der Waals surface area (Å²) in [7, 11) is 4.17. The van der Waals surface area contributed by atoms with Crippen LogP contribution in [-0.2, 0) is 38.1 Å². The molecule has 1 atom stereocenters. The minimum Gasteiger partial charge on any atom is -0.468 e. The molecule has 0 saturated carbocycles. The molecule has 37 heavy (non-hydrogen) atoms. The summed E-state index contributed by atoms with van der Waals surface area (Å²) in [6, 6.07) is 6.22. The van der Waals surface area contributed by atoms with Crippen LogP contribution in [0.1, 0.15) is 20.8 Å². The Morgan fingerprint density at radius 3 is 1.95 bits per heavy atom. The molecule has 1 heterocycles. The molecule has 2 aromatic rings. The van der Waals surface area contributed by atoms with E-state index in [0.717, 1.165) is 28.4 Å². The number of hydrogen-bond acceptors (Lipinski definition) is 11. The number of carbonyl (C=O) groups excluding carboxylic acids is 4. The van der Waals surface area contributed by atoms with Crippen LogP contribution in [0.3, 0.4) is 0 Å². The molecular weight excluding hydrogens is 486 g/mol. The lowest BCUT2D eigenvalue weighted by molar-refractivity contribution is -0.146. The molecule has 11 heteroatoms. The van der Waals surface area contributed by atoms with Crippen LogP contribution >= 0.6 is 0 Å². The molecule has 11 nitrogen and oxygen atoms in total. The van der Waals surface area contributed by atoms with Crippen molar-refractivity contribution in [2.75, 3.05) is 28.4 Å². The fourth-order valence-corrected chi connectivity index (χ4v) is 4.08. The molecule has 1 aliphatic rings. The average Bonchev–Trinajstić information content (AvgIpc) is 2.98. The maximum Gasteiger partial charge on any atom is 0.342 e. The lowest BCUT2D eigenvalue weighted by atomic mass is 9.88. The van der Waals surface area contributed by atoms with E-state index in [1.807, 2.05) is 0 Å². The number of para-hydroxylation sites is 1. The van der Waals surface area contributed by atoms with Gasteiger partial charge in [0.05, 0.1) is 50.2 Å². The van der Waals surface area contributed by atoms with E-state index in [1.54, 1.807) is 32.9 Å². The fourth-order valence-electron chi connectivity index (χ4n) is 4.08. The molecule has 0 aliphatic heterocycles. The van der Waals surface area contributed by atoms with Crippen LogP contribution in [0, 0.1) is 5.92 Å². The predicted molar refractivity (Wildman–Crippen MR) is 130 cm³/mol. The molecule has 196 valence electrons. The van der Waals surface area contributed by atoms with Crippen LogP contribution in [0.5, 0.6) is 0 Å². The minimum absolute atomic E-state index is 0.0862. The van der Waals surface area contributed by atoms with Crippen LogP contribution in [0.15, 0.2) is 44.6 Å². The second-order valence-electron chi connectivity index (χ2n) is 9.01. The van der Waals surface area contributed by atoms with Gasteiger partial charge in [0, 0.05) is 11.2 Å². The second kappa shape index (κ2) is 10.3. The van der Waals surface area contributed by atoms with Gasteiger partial charge >= 0.3 is 23.9 Å². The third-order valence-corrected chi connectivity index (χ3v) is 5.52. The Bertz CT molecular complexity index is 1520. The van der Waals surface area contributed by atoms with E-state index in [4.69, 9.17) is 23.4 Å². The highest BCUT2D eigenvalue weighted by Gasteiger charge is 2.44. The smallest absolute Gasteiger partial charge is 0.342 e. The van der Waals surface area contributed by atoms with Gasteiger partial charge in [-0.05, 0) is 32.9 Å². The van der Waals surface area contributed by atoms with Crippen LogP contribution < -0.4 is 21.4 Å². The van der Waals surface area contributed by atoms with Crippen molar-refractivity contribution in [1.29, 1.82) is 0 Å². The van der Waals surface area contributed by atoms with Crippen molar-refractivity contribution in [3.63, 3.8) is 0 Å². The van der Waals surface area contributed by atoms with E-state index >= 15 is 0 Å². The molecule has 1 N–H and O–H groups in total. The zero-order chi connectivity index (χ0) is 27.7. The lowest BCUT2D eigenvalue weighted by Gasteiger charge is -2.29. The predicted octanol–water partition coefficient (Wildman–Crippen LogP) is 0.0584. The summed E-state index contributed by atoms with van der Waals surface area (Å²) in [6.45, 7) is 5.24. The van der Waals surface area contributed by atoms with E-state index in [1.165, 1.54) is 12.1 Å². The maximum absolute atomic E-state index is 13.9. The lowest BCUT2D eigenvalue weighted by Crippen LogP contribution is -2.50. The molecule has 0 saturated heterocycles. The molecular formula is C26H27NO10. The van der Waals surface area contributed by atoms with Crippen molar-refractivity contribution in [2.24, 2.45) is 5.92 Å². The van der Waals surface area contributed by atoms with Gasteiger partial charge in [-0.3, -0.25) is 9.59 Å². The molecule has 1 aromatic carbocycles. The largest absolute Gasteiger partial charge is 0.468 e. The number of hydrogen-bond donors (Lipinski definition) is 1. The topological polar surface area (TPSA) is 147 Å². The highest BCUT2D eigenvalue weighted by Crippen LogP contribution is 2.32. The number of fused-ring (bicyclic) bond motifs is 2. The zero-order valence-corrected chi connectivity index (χ0v) is 21.5. The Morgan fingerprint density at radius 2 is 1.41 bits per heavy atom. The molecule has 0 amide bonds. The van der Waals surface area contributed by atoms with Crippen molar-refractivity contribution in [2.45, 2.75) is 26.3 Å². The Kier molecular flexibility index (Phi) is 7.56. The Hall–Kier alpha value is -4.41. The van der Waals surface area contributed by atoms with Crippen molar-refractivity contribution < 1.29 is 42.5 Å². The van der Waals surface area contributed by atoms with Gasteiger partial charge in [-0.15, -0.1) is 0 Å². The van der Waals surface area contributed by atoms with E-state index in [9.17, 15) is 24.0 Å². The van der Waals surface area contributed by atoms with E-state index in [2.05, 4.69) is 5.32 Å². The highest BCUT2D eigenvalue weighted by atomic mass is 16.5. The molecule has 0 spiro atoms. The molecule has 3 rings (SSSR count). The molecule has 1 aliphatic carbocycles. The summed E-state index contributed by atoms with van der Waals surface area (Å²) in [6.07, 6.45) is 0. The van der Waals surface area contributed by atoms with E-state index in [0.29, 0.717) is 0 Å². The molecule has 0 fully saturated rings. The molecule has 1 aromatic heterocycles. The maximum atomic E-state index is 13.9. The van der Waals surface area contributed by atoms with Gasteiger partial charge in [0.25, 0.3) is 0 Å². The summed E-state index contributed by atoms with van der Waals surface area (Å²) in [4.78, 5) is 66.8. The number of carbonyl (C=O) groups is 4. The Labute approximate surface area is 211 Å². The van der Waals surface area contributed by atoms with Gasteiger partial charge in [0.2, 0.25) is 5.43 Å². The molecule has 0 bridgehead atoms. The van der Waals surface area contributed by atoms with Gasteiger partial charge < -0.3 is 28.7 Å². The summed E-state index contributed by atoms with van der Waals surface area (Å²) < 4.78 is 25.7. The van der Waals surface area contributed by atoms with Crippen molar-refractivity contribution in [3.8, 4) is 0 Å². The van der Waals surface area contributed by atoms with Crippen LogP contribution in [0.25, 0.3) is 22.2 Å². The average molecular weight is 513 g/mol. The van der Waals surface area contributed by atoms with Crippen molar-refractivity contribution in [3.05, 3.63) is 56.3 Å². The number of esters is 4. The number of nitrogens with one attached hydrogen (secondary N) is 1. The number of benzene rings is 1. The van der Waals surface area contributed by atoms with Gasteiger partial charge in [-0.25, -0.2) is 14.4 Å². The summed E-state index contributed by atoms with van der Waals surface area (Å²) in [5.74, 6) is -6.17. The fraction of sp³-hybridized carbons (Fsp3) is 0.346. The molecule has 0 radical (unpaired) electrons. The van der Waals surface area contributed by atoms with Crippen LogP contribution in [0.2, 0.25) is 0 Å². The first kappa shape index (κ1) is 27.2. The quantitative estimate of drug-likeness (QED) is 0.427. The number of methoxy groups -OCH3 is 4. The van der Waals surface area contributed by atoms with Gasteiger partial charge in [-0.2, -0.15) is 0 Å². The van der Waals surface area contributed by atoms with Gasteiger partial charge in [0.1, 0.15) is 17.1 Å². The monoisotopic (exact) mass is 513 g/mol. The van der Waals surface area contributed by atoms with Crippen molar-refractivity contribution >= 4 is 46.1 Å². The second-order valence-corrected chi connectivity index (χ2v) is 9.01. The van der Waals surface area contributed by atoms with Crippen molar-refractivity contribution in [1.82, 2.24) is 5.32 Å². The third-order valence-electron chi connectivity index (χ3n) is 5.52. The Morgan fingerprint density at radius 1 is 0.838 bits per heavy atom. The van der Waals surface area contributed by atoms with E-state index < -0.39 is 62.9 Å². The summed E-state index contributed by atoms with van der Waals surface area (Å²) in [5.41, 5.74) is -3.71. The van der Waals surface area contributed by atoms with Gasteiger partial charge in [-0.1, -0.05) is 12.1 Å². The van der Waals surface area contributed by atoms with Gasteiger partial charge in [0.15, 0.2) is 5.42 Å². The third kappa shape index (κ3) is 4.84. The summed E-state index contributed by atoms with van der Waals surface area (Å²) in [5, 5.41) is 2.95.